The summed E-state index contributed by atoms with van der Waals surface area (Å²) in [6, 6.07) is 6.11. The lowest BCUT2D eigenvalue weighted by Crippen LogP contribution is -2.22. The summed E-state index contributed by atoms with van der Waals surface area (Å²) in [5.74, 6) is -0.0472. The molecule has 16 heavy (non-hydrogen) atoms. The molecule has 1 aromatic rings. The van der Waals surface area contributed by atoms with Crippen LogP contribution in [-0.2, 0) is 20.4 Å². The Kier molecular flexibility index (Phi) is 3.93. The standard InChI is InChI=1S/C10H12ClNO3S/c1-8(13)12(2)7-9-3-5-10(6-4-9)16(11,14)15/h3-6H,7H2,1-2H3. The zero-order valence-corrected chi connectivity index (χ0v) is 10.5. The number of hydrogen-bond donors (Lipinski definition) is 0. The molecule has 0 saturated carbocycles. The summed E-state index contributed by atoms with van der Waals surface area (Å²) in [4.78, 5) is 12.6. The van der Waals surface area contributed by atoms with Crippen molar-refractivity contribution in [2.24, 2.45) is 0 Å². The van der Waals surface area contributed by atoms with Gasteiger partial charge in [-0.2, -0.15) is 0 Å². The maximum Gasteiger partial charge on any atom is 0.261 e. The Hall–Kier alpha value is -1.07. The molecule has 6 heteroatoms. The van der Waals surface area contributed by atoms with Crippen molar-refractivity contribution < 1.29 is 13.2 Å². The van der Waals surface area contributed by atoms with Crippen LogP contribution in [0.1, 0.15) is 12.5 Å². The summed E-state index contributed by atoms with van der Waals surface area (Å²) in [7, 11) is 3.18. The van der Waals surface area contributed by atoms with Crippen LogP contribution in [0.25, 0.3) is 0 Å². The fourth-order valence-electron chi connectivity index (χ4n) is 1.14. The molecule has 1 aromatic carbocycles. The van der Waals surface area contributed by atoms with E-state index in [0.29, 0.717) is 6.54 Å². The first kappa shape index (κ1) is 13.0. The van der Waals surface area contributed by atoms with E-state index in [1.165, 1.54) is 24.0 Å². The molecule has 1 rings (SSSR count). The number of hydrogen-bond acceptors (Lipinski definition) is 3. The SMILES string of the molecule is CC(=O)N(C)Cc1ccc(S(=O)(=O)Cl)cc1. The van der Waals surface area contributed by atoms with Crippen LogP contribution in [0.3, 0.4) is 0 Å². The van der Waals surface area contributed by atoms with Crippen LogP contribution in [0.2, 0.25) is 0 Å². The predicted molar refractivity (Wildman–Crippen MR) is 61.6 cm³/mol. The summed E-state index contributed by atoms with van der Waals surface area (Å²) in [5, 5.41) is 0. The first-order valence-corrected chi connectivity index (χ1v) is 6.87. The molecular formula is C10H12ClNO3S. The Balaban J connectivity index is 2.84. The highest BCUT2D eigenvalue weighted by molar-refractivity contribution is 8.13. The zero-order chi connectivity index (χ0) is 12.3. The highest BCUT2D eigenvalue weighted by Crippen LogP contribution is 2.15. The monoisotopic (exact) mass is 261 g/mol. The van der Waals surface area contributed by atoms with Crippen LogP contribution >= 0.6 is 10.7 Å². The molecule has 0 spiro atoms. The maximum absolute atomic E-state index is 11.0. The van der Waals surface area contributed by atoms with Gasteiger partial charge in [0.25, 0.3) is 9.05 Å². The maximum atomic E-state index is 11.0. The van der Waals surface area contributed by atoms with Gasteiger partial charge in [-0.15, -0.1) is 0 Å². The third kappa shape index (κ3) is 3.50. The Bertz CT molecular complexity index is 481. The lowest BCUT2D eigenvalue weighted by atomic mass is 10.2. The number of halogens is 1. The van der Waals surface area contributed by atoms with Gasteiger partial charge in [-0.05, 0) is 17.7 Å². The second kappa shape index (κ2) is 4.84. The molecule has 0 unspecified atom stereocenters. The molecular weight excluding hydrogens is 250 g/mol. The van der Waals surface area contributed by atoms with E-state index < -0.39 is 9.05 Å². The van der Waals surface area contributed by atoms with Gasteiger partial charge >= 0.3 is 0 Å². The summed E-state index contributed by atoms with van der Waals surface area (Å²) < 4.78 is 22.0. The number of nitrogens with zero attached hydrogens (tertiary/aromatic N) is 1. The highest BCUT2D eigenvalue weighted by atomic mass is 35.7. The summed E-state index contributed by atoms with van der Waals surface area (Å²) in [5.41, 5.74) is 0.849. The van der Waals surface area contributed by atoms with Crippen LogP contribution in [0.4, 0.5) is 0 Å². The molecule has 4 nitrogen and oxygen atoms in total. The number of amides is 1. The molecule has 0 aliphatic heterocycles. The number of carbonyl (C=O) groups excluding carboxylic acids is 1. The summed E-state index contributed by atoms with van der Waals surface area (Å²) in [6.07, 6.45) is 0. The highest BCUT2D eigenvalue weighted by Gasteiger charge is 2.09. The van der Waals surface area contributed by atoms with E-state index in [1.54, 1.807) is 19.2 Å². The average Bonchev–Trinajstić information content (AvgIpc) is 2.17. The lowest BCUT2D eigenvalue weighted by molar-refractivity contribution is -0.128. The minimum atomic E-state index is -3.67. The van der Waals surface area contributed by atoms with Gasteiger partial charge in [-0.25, -0.2) is 8.42 Å². The third-order valence-corrected chi connectivity index (χ3v) is 3.53. The second-order valence-corrected chi connectivity index (χ2v) is 6.02. The van der Waals surface area contributed by atoms with Crippen molar-refractivity contribution in [3.8, 4) is 0 Å². The number of rotatable bonds is 3. The summed E-state index contributed by atoms with van der Waals surface area (Å²) >= 11 is 0. The minimum Gasteiger partial charge on any atom is -0.342 e. The summed E-state index contributed by atoms with van der Waals surface area (Å²) in [6.45, 7) is 1.91. The molecule has 0 aromatic heterocycles. The van der Waals surface area contributed by atoms with Crippen molar-refractivity contribution in [1.82, 2.24) is 4.90 Å². The quantitative estimate of drug-likeness (QED) is 0.777. The molecule has 1 amide bonds. The van der Waals surface area contributed by atoms with E-state index in [0.717, 1.165) is 5.56 Å². The van der Waals surface area contributed by atoms with Gasteiger partial charge in [0.15, 0.2) is 0 Å². The molecule has 0 fully saturated rings. The first-order chi connectivity index (χ1) is 7.30. The predicted octanol–water partition coefficient (Wildman–Crippen LogP) is 1.59. The zero-order valence-electron chi connectivity index (χ0n) is 8.97. The average molecular weight is 262 g/mol. The van der Waals surface area contributed by atoms with Crippen LogP contribution in [0.15, 0.2) is 29.2 Å². The van der Waals surface area contributed by atoms with Gasteiger partial charge in [0.05, 0.1) is 4.90 Å². The van der Waals surface area contributed by atoms with Crippen LogP contribution in [0.5, 0.6) is 0 Å². The largest absolute Gasteiger partial charge is 0.342 e. The number of carbonyl (C=O) groups is 1. The van der Waals surface area contributed by atoms with Gasteiger partial charge in [0.2, 0.25) is 5.91 Å². The van der Waals surface area contributed by atoms with Crippen molar-refractivity contribution in [2.75, 3.05) is 7.05 Å². The molecule has 0 aliphatic carbocycles. The lowest BCUT2D eigenvalue weighted by Gasteiger charge is -2.14. The molecule has 0 radical (unpaired) electrons. The second-order valence-electron chi connectivity index (χ2n) is 3.46. The Morgan fingerprint density at radius 3 is 2.19 bits per heavy atom. The van der Waals surface area contributed by atoms with Gasteiger partial charge in [-0.1, -0.05) is 12.1 Å². The first-order valence-electron chi connectivity index (χ1n) is 4.56. The van der Waals surface area contributed by atoms with Crippen molar-refractivity contribution in [3.05, 3.63) is 29.8 Å². The Morgan fingerprint density at radius 2 is 1.81 bits per heavy atom. The topological polar surface area (TPSA) is 54.5 Å². The van der Waals surface area contributed by atoms with E-state index in [-0.39, 0.29) is 10.8 Å². The van der Waals surface area contributed by atoms with Crippen LogP contribution < -0.4 is 0 Å². The fraction of sp³-hybridized carbons (Fsp3) is 0.300. The number of benzene rings is 1. The van der Waals surface area contributed by atoms with Crippen molar-refractivity contribution in [2.45, 2.75) is 18.4 Å². The van der Waals surface area contributed by atoms with E-state index in [2.05, 4.69) is 0 Å². The van der Waals surface area contributed by atoms with Crippen LogP contribution in [0, 0.1) is 0 Å². The van der Waals surface area contributed by atoms with E-state index >= 15 is 0 Å². The molecule has 0 aliphatic rings. The Labute approximate surface area is 99.2 Å². The van der Waals surface area contributed by atoms with Crippen molar-refractivity contribution >= 4 is 25.6 Å². The Morgan fingerprint density at radius 1 is 1.31 bits per heavy atom. The molecule has 88 valence electrons. The van der Waals surface area contributed by atoms with E-state index in [1.807, 2.05) is 0 Å². The van der Waals surface area contributed by atoms with Crippen molar-refractivity contribution in [1.29, 1.82) is 0 Å². The van der Waals surface area contributed by atoms with E-state index in [4.69, 9.17) is 10.7 Å². The minimum absolute atomic E-state index is 0.0472. The molecule has 0 heterocycles. The third-order valence-electron chi connectivity index (χ3n) is 2.16. The van der Waals surface area contributed by atoms with Gasteiger partial charge < -0.3 is 4.90 Å². The fourth-order valence-corrected chi connectivity index (χ4v) is 1.91. The molecule has 0 atom stereocenters. The molecule has 0 saturated heterocycles. The van der Waals surface area contributed by atoms with Gasteiger partial charge in [-0.3, -0.25) is 4.79 Å². The van der Waals surface area contributed by atoms with Gasteiger partial charge in [0.1, 0.15) is 0 Å². The van der Waals surface area contributed by atoms with Crippen molar-refractivity contribution in [3.63, 3.8) is 0 Å². The van der Waals surface area contributed by atoms with E-state index in [9.17, 15) is 13.2 Å². The molecule has 0 N–H and O–H groups in total. The smallest absolute Gasteiger partial charge is 0.261 e. The van der Waals surface area contributed by atoms with Crippen LogP contribution in [-0.4, -0.2) is 26.3 Å². The van der Waals surface area contributed by atoms with Gasteiger partial charge in [0, 0.05) is 31.2 Å². The normalized spacial score (nSPS) is 11.2. The molecule has 0 bridgehead atoms.